The predicted octanol–water partition coefficient (Wildman–Crippen LogP) is 2.00. The molecule has 146 valence electrons. The van der Waals surface area contributed by atoms with Crippen LogP contribution in [0.4, 0.5) is 10.8 Å². The summed E-state index contributed by atoms with van der Waals surface area (Å²) in [6.45, 7) is 1.20. The highest BCUT2D eigenvalue weighted by atomic mass is 32.1. The van der Waals surface area contributed by atoms with Crippen molar-refractivity contribution in [2.45, 2.75) is 0 Å². The van der Waals surface area contributed by atoms with Gasteiger partial charge >= 0.3 is 0 Å². The van der Waals surface area contributed by atoms with Crippen molar-refractivity contribution in [2.75, 3.05) is 39.2 Å². The quantitative estimate of drug-likeness (QED) is 0.483. The summed E-state index contributed by atoms with van der Waals surface area (Å²) >= 11 is 1.41. The predicted molar refractivity (Wildman–Crippen MR) is 109 cm³/mol. The van der Waals surface area contributed by atoms with Crippen molar-refractivity contribution in [1.29, 1.82) is 0 Å². The highest BCUT2D eigenvalue weighted by Crippen LogP contribution is 2.34. The number of carbonyl (C=O) groups excluding carboxylic acids is 1. The van der Waals surface area contributed by atoms with Crippen LogP contribution in [0.1, 0.15) is 10.4 Å². The maximum atomic E-state index is 13.2. The van der Waals surface area contributed by atoms with Crippen molar-refractivity contribution in [2.24, 2.45) is 0 Å². The summed E-state index contributed by atoms with van der Waals surface area (Å²) in [7, 11) is 5.61. The van der Waals surface area contributed by atoms with E-state index in [1.54, 1.807) is 12.0 Å². The number of thiazole rings is 1. The molecule has 9 heteroatoms. The molecule has 1 amide bonds. The van der Waals surface area contributed by atoms with E-state index in [-0.39, 0.29) is 11.6 Å². The second kappa shape index (κ2) is 8.32. The van der Waals surface area contributed by atoms with Gasteiger partial charge in [0.05, 0.1) is 43.9 Å². The number of nitrogens with zero attached hydrogens (tertiary/aromatic N) is 3. The summed E-state index contributed by atoms with van der Waals surface area (Å²) in [5.41, 5.74) is 1.04. The van der Waals surface area contributed by atoms with Crippen LogP contribution in [0.25, 0.3) is 10.2 Å². The highest BCUT2D eigenvalue weighted by Gasteiger charge is 2.23. The van der Waals surface area contributed by atoms with Crippen molar-refractivity contribution < 1.29 is 19.4 Å². The molecule has 1 N–H and O–H groups in total. The lowest BCUT2D eigenvalue weighted by Gasteiger charge is -2.20. The normalized spacial score (nSPS) is 11.0. The molecule has 0 aliphatic heterocycles. The fraction of sp³-hybridized carbons (Fsp3) is 0.263. The van der Waals surface area contributed by atoms with Gasteiger partial charge in [-0.1, -0.05) is 17.4 Å². The van der Waals surface area contributed by atoms with Crippen LogP contribution in [0.3, 0.4) is 0 Å². The van der Waals surface area contributed by atoms with Crippen LogP contribution in [-0.2, 0) is 0 Å². The molecule has 0 saturated heterocycles. The fourth-order valence-corrected chi connectivity index (χ4v) is 3.70. The monoisotopic (exact) mass is 401 g/mol. The number of rotatable bonds is 7. The Labute approximate surface area is 166 Å². The number of hydrogen-bond acceptors (Lipinski definition) is 6. The van der Waals surface area contributed by atoms with Crippen LogP contribution in [0, 0.1) is 10.1 Å². The van der Waals surface area contributed by atoms with Gasteiger partial charge in [0.1, 0.15) is 11.3 Å². The van der Waals surface area contributed by atoms with Gasteiger partial charge in [0.25, 0.3) is 11.6 Å². The topological polar surface area (TPSA) is 90.0 Å². The first kappa shape index (κ1) is 19.7. The first-order valence-corrected chi connectivity index (χ1v) is 9.51. The zero-order valence-corrected chi connectivity index (χ0v) is 16.7. The second-order valence-electron chi connectivity index (χ2n) is 6.52. The van der Waals surface area contributed by atoms with Crippen molar-refractivity contribution in [1.82, 2.24) is 4.98 Å². The maximum Gasteiger partial charge on any atom is 0.269 e. The summed E-state index contributed by atoms with van der Waals surface area (Å²) < 4.78 is 6.30. The lowest BCUT2D eigenvalue weighted by molar-refractivity contribution is -0.856. The number of methoxy groups -OCH3 is 1. The number of nitro benzene ring substituents is 1. The Balaban J connectivity index is 1.98. The number of ether oxygens (including phenoxy) is 1. The minimum atomic E-state index is -0.485. The van der Waals surface area contributed by atoms with Crippen molar-refractivity contribution in [3.8, 4) is 5.75 Å². The number of nitro groups is 1. The zero-order valence-electron chi connectivity index (χ0n) is 15.8. The van der Waals surface area contributed by atoms with Gasteiger partial charge in [0, 0.05) is 17.7 Å². The van der Waals surface area contributed by atoms with E-state index in [1.807, 2.05) is 32.3 Å². The zero-order chi connectivity index (χ0) is 20.3. The van der Waals surface area contributed by atoms with E-state index < -0.39 is 4.92 Å². The number of nitrogens with one attached hydrogen (secondary N) is 1. The molecule has 28 heavy (non-hydrogen) atoms. The number of hydrogen-bond donors (Lipinski definition) is 1. The molecule has 0 saturated carbocycles. The Bertz CT molecular complexity index is 1000. The van der Waals surface area contributed by atoms with Crippen molar-refractivity contribution in [3.05, 3.63) is 58.1 Å². The number of amides is 1. The van der Waals surface area contributed by atoms with E-state index in [2.05, 4.69) is 4.98 Å². The van der Waals surface area contributed by atoms with Gasteiger partial charge in [0.15, 0.2) is 5.13 Å². The molecule has 2 aromatic carbocycles. The maximum absolute atomic E-state index is 13.2. The number of benzene rings is 2. The third-order valence-electron chi connectivity index (χ3n) is 4.23. The molecule has 0 spiro atoms. The van der Waals surface area contributed by atoms with E-state index >= 15 is 0 Å². The summed E-state index contributed by atoms with van der Waals surface area (Å²) in [5.74, 6) is 0.412. The molecule has 0 aliphatic carbocycles. The van der Waals surface area contributed by atoms with Gasteiger partial charge in [-0.2, -0.15) is 0 Å². The molecule has 0 radical (unpaired) electrons. The largest absolute Gasteiger partial charge is 0.494 e. The van der Waals surface area contributed by atoms with Crippen molar-refractivity contribution >= 4 is 38.3 Å². The SMILES string of the molecule is COc1cccc2sc(N(CC[NH+](C)C)C(=O)c3ccc([N+](=O)[O-])cc3)nc12. The van der Waals surface area contributed by atoms with E-state index in [4.69, 9.17) is 4.74 Å². The average Bonchev–Trinajstić information content (AvgIpc) is 3.11. The number of non-ortho nitro benzene ring substituents is 1. The molecule has 3 rings (SSSR count). The number of carbonyl (C=O) groups is 1. The Kier molecular flexibility index (Phi) is 5.86. The number of anilines is 1. The minimum Gasteiger partial charge on any atom is -0.494 e. The molecule has 8 nitrogen and oxygen atoms in total. The van der Waals surface area contributed by atoms with E-state index in [0.29, 0.717) is 28.5 Å². The van der Waals surface area contributed by atoms with Crippen LogP contribution in [0.2, 0.25) is 0 Å². The lowest BCUT2D eigenvalue weighted by Crippen LogP contribution is -3.06. The number of para-hydroxylation sites is 1. The van der Waals surface area contributed by atoms with Crippen LogP contribution in [0.15, 0.2) is 42.5 Å². The van der Waals surface area contributed by atoms with Gasteiger partial charge in [-0.05, 0) is 24.3 Å². The summed E-state index contributed by atoms with van der Waals surface area (Å²) in [6.07, 6.45) is 0. The van der Waals surface area contributed by atoms with Gasteiger partial charge in [-0.3, -0.25) is 19.8 Å². The Morgan fingerprint density at radius 2 is 1.96 bits per heavy atom. The summed E-state index contributed by atoms with van der Waals surface area (Å²) in [4.78, 5) is 31.0. The minimum absolute atomic E-state index is 0.0504. The van der Waals surface area contributed by atoms with Crippen LogP contribution in [-0.4, -0.2) is 50.1 Å². The number of aromatic nitrogens is 1. The molecule has 0 bridgehead atoms. The van der Waals surface area contributed by atoms with Gasteiger partial charge in [-0.25, -0.2) is 4.98 Å². The van der Waals surface area contributed by atoms with Crippen molar-refractivity contribution in [3.63, 3.8) is 0 Å². The Morgan fingerprint density at radius 3 is 2.57 bits per heavy atom. The number of fused-ring (bicyclic) bond motifs is 1. The van der Waals surface area contributed by atoms with Crippen LogP contribution >= 0.6 is 11.3 Å². The molecule has 0 atom stereocenters. The first-order valence-electron chi connectivity index (χ1n) is 8.69. The van der Waals surface area contributed by atoms with E-state index in [0.717, 1.165) is 11.2 Å². The molecular formula is C19H21N4O4S+. The highest BCUT2D eigenvalue weighted by molar-refractivity contribution is 7.22. The van der Waals surface area contributed by atoms with Gasteiger partial charge in [-0.15, -0.1) is 0 Å². The van der Waals surface area contributed by atoms with Crippen LogP contribution in [0.5, 0.6) is 5.75 Å². The molecule has 0 aliphatic rings. The molecule has 3 aromatic rings. The second-order valence-corrected chi connectivity index (χ2v) is 7.53. The Hall–Kier alpha value is -3.04. The van der Waals surface area contributed by atoms with Gasteiger partial charge in [0.2, 0.25) is 0 Å². The van der Waals surface area contributed by atoms with Gasteiger partial charge < -0.3 is 9.64 Å². The first-order chi connectivity index (χ1) is 13.4. The summed E-state index contributed by atoms with van der Waals surface area (Å²) in [6, 6.07) is 11.3. The number of quaternary nitrogens is 1. The average molecular weight is 401 g/mol. The molecule has 0 unspecified atom stereocenters. The molecule has 1 heterocycles. The van der Waals surface area contributed by atoms with E-state index in [1.165, 1.54) is 40.5 Å². The third kappa shape index (κ3) is 4.10. The van der Waals surface area contributed by atoms with E-state index in [9.17, 15) is 14.9 Å². The molecular weight excluding hydrogens is 380 g/mol. The third-order valence-corrected chi connectivity index (χ3v) is 5.27. The fourth-order valence-electron chi connectivity index (χ4n) is 2.69. The lowest BCUT2D eigenvalue weighted by atomic mass is 10.2. The number of likely N-dealkylation sites (N-methyl/N-ethyl adjacent to an activating group) is 1. The van der Waals surface area contributed by atoms with Crippen LogP contribution < -0.4 is 14.5 Å². The standard InChI is InChI=1S/C19H20N4O4S/c1-21(2)11-12-22(18(24)13-7-9-14(10-8-13)23(25)26)19-20-17-15(27-3)5-4-6-16(17)28-19/h4-10H,11-12H2,1-3H3/p+1. The Morgan fingerprint density at radius 1 is 1.25 bits per heavy atom. The molecule has 0 fully saturated rings. The molecule has 1 aromatic heterocycles. The summed E-state index contributed by atoms with van der Waals surface area (Å²) in [5, 5.41) is 11.4. The smallest absolute Gasteiger partial charge is 0.269 e.